The molecular weight excluding hydrogens is 282 g/mol. The summed E-state index contributed by atoms with van der Waals surface area (Å²) in [6.07, 6.45) is 1.58. The van der Waals surface area contributed by atoms with Gasteiger partial charge in [-0.25, -0.2) is 0 Å². The van der Waals surface area contributed by atoms with Crippen molar-refractivity contribution in [3.05, 3.63) is 35.7 Å². The predicted octanol–water partition coefficient (Wildman–Crippen LogP) is 2.13. The van der Waals surface area contributed by atoms with Crippen molar-refractivity contribution in [1.29, 1.82) is 0 Å². The van der Waals surface area contributed by atoms with Crippen LogP contribution >= 0.6 is 0 Å². The third kappa shape index (κ3) is 4.96. The van der Waals surface area contributed by atoms with Crippen molar-refractivity contribution < 1.29 is 14.1 Å². The molecule has 118 valence electrons. The molecule has 0 bridgehead atoms. The van der Waals surface area contributed by atoms with E-state index in [4.69, 9.17) is 9.26 Å². The van der Waals surface area contributed by atoms with Crippen LogP contribution in [0.25, 0.3) is 11.4 Å². The van der Waals surface area contributed by atoms with E-state index in [1.165, 1.54) is 5.56 Å². The number of hydrogen-bond donors (Lipinski definition) is 1. The zero-order chi connectivity index (χ0) is 15.8. The Morgan fingerprint density at radius 2 is 2.09 bits per heavy atom. The number of ether oxygens (including phenoxy) is 1. The Labute approximate surface area is 129 Å². The fourth-order valence-corrected chi connectivity index (χ4v) is 1.93. The summed E-state index contributed by atoms with van der Waals surface area (Å²) in [5.41, 5.74) is 2.09. The Morgan fingerprint density at radius 3 is 2.82 bits per heavy atom. The van der Waals surface area contributed by atoms with E-state index in [0.717, 1.165) is 12.0 Å². The first kappa shape index (κ1) is 16.2. The molecule has 22 heavy (non-hydrogen) atoms. The van der Waals surface area contributed by atoms with Crippen molar-refractivity contribution in [2.24, 2.45) is 0 Å². The van der Waals surface area contributed by atoms with Gasteiger partial charge in [-0.15, -0.1) is 0 Å². The van der Waals surface area contributed by atoms with E-state index in [1.807, 2.05) is 31.2 Å². The van der Waals surface area contributed by atoms with E-state index in [2.05, 4.69) is 15.5 Å². The minimum absolute atomic E-state index is 0.0220. The Morgan fingerprint density at radius 1 is 1.32 bits per heavy atom. The predicted molar refractivity (Wildman–Crippen MR) is 82.3 cm³/mol. The zero-order valence-electron chi connectivity index (χ0n) is 13.0. The van der Waals surface area contributed by atoms with Crippen LogP contribution < -0.4 is 5.32 Å². The minimum atomic E-state index is -0.0220. The van der Waals surface area contributed by atoms with Crippen molar-refractivity contribution >= 4 is 5.91 Å². The second-order valence-electron chi connectivity index (χ2n) is 5.07. The molecule has 0 aliphatic heterocycles. The van der Waals surface area contributed by atoms with Crippen LogP contribution in [0.15, 0.2) is 28.8 Å². The summed E-state index contributed by atoms with van der Waals surface area (Å²) in [4.78, 5) is 16.0. The zero-order valence-corrected chi connectivity index (χ0v) is 13.0. The summed E-state index contributed by atoms with van der Waals surface area (Å²) in [5.74, 6) is 1.00. The van der Waals surface area contributed by atoms with Crippen molar-refractivity contribution in [1.82, 2.24) is 15.5 Å². The van der Waals surface area contributed by atoms with Gasteiger partial charge in [0.1, 0.15) is 0 Å². The van der Waals surface area contributed by atoms with Crippen molar-refractivity contribution in [2.75, 3.05) is 20.3 Å². The molecule has 1 heterocycles. The lowest BCUT2D eigenvalue weighted by molar-refractivity contribution is -0.121. The van der Waals surface area contributed by atoms with Crippen LogP contribution in [0, 0.1) is 6.92 Å². The summed E-state index contributed by atoms with van der Waals surface area (Å²) < 4.78 is 10.1. The van der Waals surface area contributed by atoms with E-state index < -0.39 is 0 Å². The first-order chi connectivity index (χ1) is 10.7. The van der Waals surface area contributed by atoms with E-state index >= 15 is 0 Å². The Kier molecular flexibility index (Phi) is 6.09. The first-order valence-corrected chi connectivity index (χ1v) is 7.34. The highest BCUT2D eigenvalue weighted by molar-refractivity contribution is 5.75. The second kappa shape index (κ2) is 8.29. The standard InChI is InChI=1S/C16H21N3O3/c1-12-4-6-13(7-5-12)16-18-15(22-19-16)9-8-14(20)17-10-3-11-21-2/h4-7H,3,8-11H2,1-2H3,(H,17,20). The Bertz CT molecular complexity index is 593. The quantitative estimate of drug-likeness (QED) is 0.756. The van der Waals surface area contributed by atoms with Crippen LogP contribution in [-0.2, 0) is 16.0 Å². The average Bonchev–Trinajstić information content (AvgIpc) is 2.99. The van der Waals surface area contributed by atoms with Gasteiger partial charge in [-0.2, -0.15) is 4.98 Å². The molecule has 1 amide bonds. The number of amides is 1. The van der Waals surface area contributed by atoms with Gasteiger partial charge >= 0.3 is 0 Å². The second-order valence-corrected chi connectivity index (χ2v) is 5.07. The number of carbonyl (C=O) groups excluding carboxylic acids is 1. The molecule has 2 rings (SSSR count). The molecule has 6 nitrogen and oxygen atoms in total. The molecule has 0 saturated carbocycles. The number of nitrogens with zero attached hydrogens (tertiary/aromatic N) is 2. The summed E-state index contributed by atoms with van der Waals surface area (Å²) in [5, 5.41) is 6.77. The molecule has 0 unspecified atom stereocenters. The SMILES string of the molecule is COCCCNC(=O)CCc1nc(-c2ccc(C)cc2)no1. The molecule has 1 N–H and O–H groups in total. The highest BCUT2D eigenvalue weighted by atomic mass is 16.5. The Balaban J connectivity index is 1.79. The van der Waals surface area contributed by atoms with Gasteiger partial charge < -0.3 is 14.6 Å². The molecule has 0 aliphatic rings. The van der Waals surface area contributed by atoms with Gasteiger partial charge in [-0.05, 0) is 13.3 Å². The number of aryl methyl sites for hydroxylation is 2. The fourth-order valence-electron chi connectivity index (χ4n) is 1.93. The number of methoxy groups -OCH3 is 1. The summed E-state index contributed by atoms with van der Waals surface area (Å²) >= 11 is 0. The van der Waals surface area contributed by atoms with E-state index in [-0.39, 0.29) is 5.91 Å². The molecule has 0 fully saturated rings. The first-order valence-electron chi connectivity index (χ1n) is 7.34. The topological polar surface area (TPSA) is 77.2 Å². The third-order valence-corrected chi connectivity index (χ3v) is 3.19. The van der Waals surface area contributed by atoms with Crippen molar-refractivity contribution in [3.63, 3.8) is 0 Å². The molecule has 0 atom stereocenters. The summed E-state index contributed by atoms with van der Waals surface area (Å²) in [6, 6.07) is 7.90. The van der Waals surface area contributed by atoms with Gasteiger partial charge in [0.2, 0.25) is 17.6 Å². The van der Waals surface area contributed by atoms with Gasteiger partial charge in [-0.1, -0.05) is 35.0 Å². The smallest absolute Gasteiger partial charge is 0.227 e. The lowest BCUT2D eigenvalue weighted by Crippen LogP contribution is -2.25. The maximum atomic E-state index is 11.7. The normalized spacial score (nSPS) is 10.6. The van der Waals surface area contributed by atoms with Crippen molar-refractivity contribution in [2.45, 2.75) is 26.2 Å². The highest BCUT2D eigenvalue weighted by Crippen LogP contribution is 2.16. The minimum Gasteiger partial charge on any atom is -0.385 e. The fraction of sp³-hybridized carbons (Fsp3) is 0.438. The molecule has 0 spiro atoms. The van der Waals surface area contributed by atoms with E-state index in [0.29, 0.717) is 37.7 Å². The van der Waals surface area contributed by atoms with Gasteiger partial charge in [0, 0.05) is 38.7 Å². The molecule has 1 aromatic carbocycles. The number of carbonyl (C=O) groups is 1. The van der Waals surface area contributed by atoms with Crippen LogP contribution in [0.3, 0.4) is 0 Å². The lowest BCUT2D eigenvalue weighted by Gasteiger charge is -2.02. The molecule has 1 aromatic heterocycles. The molecule has 6 heteroatoms. The number of aromatic nitrogens is 2. The molecule has 0 aliphatic carbocycles. The number of benzene rings is 1. The summed E-state index contributed by atoms with van der Waals surface area (Å²) in [6.45, 7) is 3.28. The van der Waals surface area contributed by atoms with Crippen LogP contribution in [0.1, 0.15) is 24.3 Å². The highest BCUT2D eigenvalue weighted by Gasteiger charge is 2.10. The van der Waals surface area contributed by atoms with Gasteiger partial charge in [0.05, 0.1) is 0 Å². The molecule has 2 aromatic rings. The van der Waals surface area contributed by atoms with E-state index in [1.54, 1.807) is 7.11 Å². The average molecular weight is 303 g/mol. The number of rotatable bonds is 8. The van der Waals surface area contributed by atoms with Gasteiger partial charge in [0.25, 0.3) is 0 Å². The van der Waals surface area contributed by atoms with Crippen LogP contribution in [0.2, 0.25) is 0 Å². The lowest BCUT2D eigenvalue weighted by atomic mass is 10.1. The van der Waals surface area contributed by atoms with Crippen LogP contribution in [-0.4, -0.2) is 36.3 Å². The summed E-state index contributed by atoms with van der Waals surface area (Å²) in [7, 11) is 1.64. The molecule has 0 saturated heterocycles. The Hall–Kier alpha value is -2.21. The maximum Gasteiger partial charge on any atom is 0.227 e. The molecular formula is C16H21N3O3. The van der Waals surface area contributed by atoms with Gasteiger partial charge in [-0.3, -0.25) is 4.79 Å². The van der Waals surface area contributed by atoms with Crippen molar-refractivity contribution in [3.8, 4) is 11.4 Å². The monoisotopic (exact) mass is 303 g/mol. The largest absolute Gasteiger partial charge is 0.385 e. The van der Waals surface area contributed by atoms with Crippen LogP contribution in [0.5, 0.6) is 0 Å². The third-order valence-electron chi connectivity index (χ3n) is 3.19. The number of nitrogens with one attached hydrogen (secondary N) is 1. The van der Waals surface area contributed by atoms with Crippen LogP contribution in [0.4, 0.5) is 0 Å². The van der Waals surface area contributed by atoms with Gasteiger partial charge in [0.15, 0.2) is 0 Å². The number of hydrogen-bond acceptors (Lipinski definition) is 5. The maximum absolute atomic E-state index is 11.7. The molecule has 0 radical (unpaired) electrons. The van der Waals surface area contributed by atoms with E-state index in [9.17, 15) is 4.79 Å².